The molecule has 3 heterocycles. The second-order valence-electron chi connectivity index (χ2n) is 4.59. The standard InChI is InChI=1S/C13H14N6OS/c20-11(13-16-18-19-17-13)1-2-12-15-10(8-21-12)7-9-3-5-14-6-4-9/h3-6,8,11,20H,1-2,7H2,(H,16,17,18,19). The molecule has 2 N–H and O–H groups in total. The average molecular weight is 302 g/mol. The van der Waals surface area contributed by atoms with Crippen LogP contribution in [0.1, 0.15) is 34.6 Å². The lowest BCUT2D eigenvalue weighted by Crippen LogP contribution is -2.02. The zero-order valence-corrected chi connectivity index (χ0v) is 12.0. The maximum atomic E-state index is 9.90. The van der Waals surface area contributed by atoms with E-state index in [1.54, 1.807) is 23.7 Å². The lowest BCUT2D eigenvalue weighted by Gasteiger charge is -2.03. The van der Waals surface area contributed by atoms with E-state index >= 15 is 0 Å². The minimum Gasteiger partial charge on any atom is -0.385 e. The Morgan fingerprint density at radius 3 is 2.90 bits per heavy atom. The van der Waals surface area contributed by atoms with Gasteiger partial charge >= 0.3 is 0 Å². The Bertz CT molecular complexity index is 669. The minimum atomic E-state index is -0.712. The lowest BCUT2D eigenvalue weighted by atomic mass is 10.1. The van der Waals surface area contributed by atoms with Gasteiger partial charge in [0.1, 0.15) is 6.10 Å². The Hall–Kier alpha value is -2.19. The lowest BCUT2D eigenvalue weighted by molar-refractivity contribution is 0.158. The summed E-state index contributed by atoms with van der Waals surface area (Å²) in [6.07, 6.45) is 4.87. The molecule has 1 atom stereocenters. The van der Waals surface area contributed by atoms with E-state index in [1.165, 1.54) is 5.56 Å². The van der Waals surface area contributed by atoms with Gasteiger partial charge in [0.25, 0.3) is 0 Å². The van der Waals surface area contributed by atoms with Gasteiger partial charge in [-0.3, -0.25) is 4.98 Å². The fourth-order valence-corrected chi connectivity index (χ4v) is 2.77. The molecule has 0 aliphatic carbocycles. The second-order valence-corrected chi connectivity index (χ2v) is 5.53. The van der Waals surface area contributed by atoms with Crippen LogP contribution < -0.4 is 0 Å². The van der Waals surface area contributed by atoms with Gasteiger partial charge in [0, 0.05) is 30.6 Å². The van der Waals surface area contributed by atoms with Crippen LogP contribution in [0.2, 0.25) is 0 Å². The fourth-order valence-electron chi connectivity index (χ4n) is 1.95. The molecule has 0 aliphatic rings. The Morgan fingerprint density at radius 1 is 1.29 bits per heavy atom. The molecule has 0 amide bonds. The van der Waals surface area contributed by atoms with Crippen LogP contribution in [0.5, 0.6) is 0 Å². The van der Waals surface area contributed by atoms with E-state index in [0.717, 1.165) is 17.1 Å². The molecule has 3 rings (SSSR count). The molecule has 3 aromatic rings. The Morgan fingerprint density at radius 2 is 2.14 bits per heavy atom. The van der Waals surface area contributed by atoms with Crippen molar-refractivity contribution in [2.45, 2.75) is 25.4 Å². The van der Waals surface area contributed by atoms with Gasteiger partial charge in [-0.1, -0.05) is 5.21 Å². The topological polar surface area (TPSA) is 100 Å². The van der Waals surface area contributed by atoms with Crippen LogP contribution in [-0.2, 0) is 12.8 Å². The minimum absolute atomic E-state index is 0.323. The van der Waals surface area contributed by atoms with Crippen molar-refractivity contribution < 1.29 is 5.11 Å². The predicted octanol–water partition coefficient (Wildman–Crippen LogP) is 1.31. The van der Waals surface area contributed by atoms with Crippen molar-refractivity contribution in [3.05, 3.63) is 52.0 Å². The molecular formula is C13H14N6OS. The first-order chi connectivity index (χ1) is 10.3. The number of pyridine rings is 1. The van der Waals surface area contributed by atoms with Gasteiger partial charge in [0.2, 0.25) is 5.82 Å². The second kappa shape index (κ2) is 6.51. The summed E-state index contributed by atoms with van der Waals surface area (Å²) in [5.41, 5.74) is 2.23. The fraction of sp³-hybridized carbons (Fsp3) is 0.308. The quantitative estimate of drug-likeness (QED) is 0.712. The summed E-state index contributed by atoms with van der Waals surface area (Å²) in [7, 11) is 0. The summed E-state index contributed by atoms with van der Waals surface area (Å²) in [4.78, 5) is 8.58. The van der Waals surface area contributed by atoms with Crippen LogP contribution in [0.3, 0.4) is 0 Å². The number of aliphatic hydroxyl groups is 1. The Balaban J connectivity index is 1.55. The highest BCUT2D eigenvalue weighted by molar-refractivity contribution is 7.09. The molecular weight excluding hydrogens is 288 g/mol. The SMILES string of the molecule is OC(CCc1nc(Cc2ccncc2)cs1)c1nn[nH]n1. The molecule has 0 aromatic carbocycles. The molecule has 0 bridgehead atoms. The molecule has 3 aromatic heterocycles. The molecule has 21 heavy (non-hydrogen) atoms. The van der Waals surface area contributed by atoms with E-state index in [0.29, 0.717) is 18.7 Å². The molecule has 0 aliphatic heterocycles. The highest BCUT2D eigenvalue weighted by Gasteiger charge is 2.13. The first kappa shape index (κ1) is 13.8. The highest BCUT2D eigenvalue weighted by Crippen LogP contribution is 2.19. The van der Waals surface area contributed by atoms with Gasteiger partial charge in [0.15, 0.2) is 0 Å². The summed E-state index contributed by atoms with van der Waals surface area (Å²) >= 11 is 1.61. The third-order valence-electron chi connectivity index (χ3n) is 3.03. The maximum absolute atomic E-state index is 9.90. The number of hydrogen-bond acceptors (Lipinski definition) is 7. The van der Waals surface area contributed by atoms with Crippen LogP contribution in [-0.4, -0.2) is 35.7 Å². The highest BCUT2D eigenvalue weighted by atomic mass is 32.1. The van der Waals surface area contributed by atoms with Gasteiger partial charge in [-0.05, 0) is 24.1 Å². The van der Waals surface area contributed by atoms with Gasteiger partial charge in [-0.25, -0.2) is 4.98 Å². The zero-order valence-electron chi connectivity index (χ0n) is 11.2. The number of nitrogens with one attached hydrogen (secondary N) is 1. The van der Waals surface area contributed by atoms with E-state index in [2.05, 4.69) is 36.0 Å². The normalized spacial score (nSPS) is 12.4. The summed E-state index contributed by atoms with van der Waals surface area (Å²) < 4.78 is 0. The first-order valence-electron chi connectivity index (χ1n) is 6.55. The molecule has 0 saturated carbocycles. The number of rotatable bonds is 6. The number of nitrogens with zero attached hydrogens (tertiary/aromatic N) is 5. The number of thiazole rings is 1. The number of aliphatic hydroxyl groups excluding tert-OH is 1. The van der Waals surface area contributed by atoms with Crippen molar-refractivity contribution in [2.24, 2.45) is 0 Å². The average Bonchev–Trinajstić information content (AvgIpc) is 3.17. The first-order valence-corrected chi connectivity index (χ1v) is 7.43. The van der Waals surface area contributed by atoms with E-state index in [-0.39, 0.29) is 0 Å². The molecule has 0 fully saturated rings. The van der Waals surface area contributed by atoms with Crippen molar-refractivity contribution in [1.82, 2.24) is 30.6 Å². The maximum Gasteiger partial charge on any atom is 0.202 e. The molecule has 0 saturated heterocycles. The van der Waals surface area contributed by atoms with Gasteiger partial charge in [-0.2, -0.15) is 5.21 Å². The summed E-state index contributed by atoms with van der Waals surface area (Å²) in [5, 5.41) is 26.3. The van der Waals surface area contributed by atoms with Crippen LogP contribution in [0, 0.1) is 0 Å². The van der Waals surface area contributed by atoms with E-state index in [1.807, 2.05) is 12.1 Å². The third kappa shape index (κ3) is 3.67. The van der Waals surface area contributed by atoms with Gasteiger partial charge in [-0.15, -0.1) is 21.5 Å². The number of H-pyrrole nitrogens is 1. The molecule has 0 radical (unpaired) electrons. The molecule has 1 unspecified atom stereocenters. The molecule has 0 spiro atoms. The number of tetrazole rings is 1. The number of aromatic nitrogens is 6. The van der Waals surface area contributed by atoms with Crippen molar-refractivity contribution in [3.8, 4) is 0 Å². The number of hydrogen-bond donors (Lipinski definition) is 2. The van der Waals surface area contributed by atoms with E-state index in [9.17, 15) is 5.11 Å². The van der Waals surface area contributed by atoms with Crippen molar-refractivity contribution >= 4 is 11.3 Å². The van der Waals surface area contributed by atoms with Crippen LogP contribution in [0.4, 0.5) is 0 Å². The Kier molecular flexibility index (Phi) is 4.27. The van der Waals surface area contributed by atoms with Crippen LogP contribution in [0.15, 0.2) is 29.9 Å². The van der Waals surface area contributed by atoms with Crippen molar-refractivity contribution in [3.63, 3.8) is 0 Å². The molecule has 8 heteroatoms. The largest absolute Gasteiger partial charge is 0.385 e. The Labute approximate surface area is 125 Å². The number of aromatic amines is 1. The summed E-state index contributed by atoms with van der Waals surface area (Å²) in [6.45, 7) is 0. The van der Waals surface area contributed by atoms with Crippen molar-refractivity contribution in [1.29, 1.82) is 0 Å². The van der Waals surface area contributed by atoms with Crippen LogP contribution >= 0.6 is 11.3 Å². The van der Waals surface area contributed by atoms with Crippen molar-refractivity contribution in [2.75, 3.05) is 0 Å². The monoisotopic (exact) mass is 302 g/mol. The van der Waals surface area contributed by atoms with E-state index in [4.69, 9.17) is 0 Å². The predicted molar refractivity (Wildman–Crippen MR) is 76.6 cm³/mol. The zero-order chi connectivity index (χ0) is 14.5. The summed E-state index contributed by atoms with van der Waals surface area (Å²) in [6, 6.07) is 3.97. The summed E-state index contributed by atoms with van der Waals surface area (Å²) in [5.74, 6) is 0.323. The smallest absolute Gasteiger partial charge is 0.202 e. The van der Waals surface area contributed by atoms with Crippen LogP contribution in [0.25, 0.3) is 0 Å². The van der Waals surface area contributed by atoms with E-state index < -0.39 is 6.10 Å². The van der Waals surface area contributed by atoms with Gasteiger partial charge in [0.05, 0.1) is 10.7 Å². The molecule has 108 valence electrons. The van der Waals surface area contributed by atoms with Gasteiger partial charge < -0.3 is 5.11 Å². The number of aryl methyl sites for hydroxylation is 1. The molecule has 7 nitrogen and oxygen atoms in total. The third-order valence-corrected chi connectivity index (χ3v) is 3.98.